The number of nitrogens with zero attached hydrogens (tertiary/aromatic N) is 4. The lowest BCUT2D eigenvalue weighted by Crippen LogP contribution is -2.42. The zero-order chi connectivity index (χ0) is 23.5. The van der Waals surface area contributed by atoms with Gasteiger partial charge in [-0.2, -0.15) is 0 Å². The van der Waals surface area contributed by atoms with Gasteiger partial charge in [-0.25, -0.2) is 9.67 Å². The number of amides is 2. The van der Waals surface area contributed by atoms with Crippen molar-refractivity contribution in [1.29, 1.82) is 0 Å². The number of carbonyl (C=O) groups is 2. The number of hydrogen-bond acceptors (Lipinski definition) is 5. The van der Waals surface area contributed by atoms with Crippen molar-refractivity contribution >= 4 is 22.7 Å². The molecule has 0 atom stereocenters. The Labute approximate surface area is 195 Å². The molecule has 34 heavy (non-hydrogen) atoms. The van der Waals surface area contributed by atoms with E-state index in [-0.39, 0.29) is 5.82 Å². The quantitative estimate of drug-likeness (QED) is 0.407. The number of para-hydroxylation sites is 2. The molecule has 0 aliphatic carbocycles. The van der Waals surface area contributed by atoms with Gasteiger partial charge in [0.05, 0.1) is 16.8 Å². The molecule has 0 radical (unpaired) electrons. The maximum Gasteiger partial charge on any atom is 0.309 e. The summed E-state index contributed by atoms with van der Waals surface area (Å²) in [7, 11) is 0. The number of rotatable bonds is 4. The molecule has 5 rings (SSSR count). The first kappa shape index (κ1) is 21.0. The molecular weight excluding hydrogens is 428 g/mol. The standard InChI is InChI=1S/C26H20N6O2/c1-17-16-21(20-14-8-9-15-22(20)27-17)25(33)29-30-26(34)23-28-24(18-10-4-2-5-11-18)32(31-23)19-12-6-3-7-13-19/h2-16H,1H3,(H,29,33)(H,30,34). The lowest BCUT2D eigenvalue weighted by atomic mass is 10.1. The van der Waals surface area contributed by atoms with Crippen molar-refractivity contribution in [2.45, 2.75) is 6.92 Å². The van der Waals surface area contributed by atoms with Crippen LogP contribution in [0.25, 0.3) is 28.0 Å². The second kappa shape index (κ2) is 8.95. The Balaban J connectivity index is 1.42. The van der Waals surface area contributed by atoms with Gasteiger partial charge < -0.3 is 0 Å². The molecule has 8 heteroatoms. The zero-order valence-electron chi connectivity index (χ0n) is 18.3. The average Bonchev–Trinajstić information content (AvgIpc) is 3.33. The molecule has 0 bridgehead atoms. The molecule has 3 aromatic carbocycles. The topological polar surface area (TPSA) is 102 Å². The summed E-state index contributed by atoms with van der Waals surface area (Å²) in [5.74, 6) is -0.645. The number of hydrazine groups is 1. The van der Waals surface area contributed by atoms with Crippen LogP contribution < -0.4 is 10.9 Å². The highest BCUT2D eigenvalue weighted by Gasteiger charge is 2.20. The number of carbonyl (C=O) groups excluding carboxylic acids is 2. The molecule has 2 amide bonds. The molecule has 2 heterocycles. The molecule has 2 aromatic heterocycles. The summed E-state index contributed by atoms with van der Waals surface area (Å²) in [6.45, 7) is 1.81. The highest BCUT2D eigenvalue weighted by molar-refractivity contribution is 6.07. The first-order valence-electron chi connectivity index (χ1n) is 10.6. The van der Waals surface area contributed by atoms with Crippen molar-refractivity contribution in [2.24, 2.45) is 0 Å². The van der Waals surface area contributed by atoms with E-state index in [0.717, 1.165) is 11.3 Å². The van der Waals surface area contributed by atoms with Gasteiger partial charge in [0.1, 0.15) is 0 Å². The van der Waals surface area contributed by atoms with Gasteiger partial charge in [-0.3, -0.25) is 25.4 Å². The van der Waals surface area contributed by atoms with Crippen LogP contribution in [0.1, 0.15) is 26.7 Å². The van der Waals surface area contributed by atoms with Gasteiger partial charge >= 0.3 is 5.91 Å². The Morgan fingerprint density at radius 3 is 2.18 bits per heavy atom. The Morgan fingerprint density at radius 1 is 0.765 bits per heavy atom. The first-order valence-corrected chi connectivity index (χ1v) is 10.6. The third-order valence-corrected chi connectivity index (χ3v) is 5.22. The monoisotopic (exact) mass is 448 g/mol. The van der Waals surface area contributed by atoms with E-state index in [1.54, 1.807) is 10.7 Å². The number of hydrogen-bond donors (Lipinski definition) is 2. The van der Waals surface area contributed by atoms with Gasteiger partial charge in [0.2, 0.25) is 5.82 Å². The summed E-state index contributed by atoms with van der Waals surface area (Å²) in [4.78, 5) is 34.6. The maximum absolute atomic E-state index is 12.9. The molecule has 8 nitrogen and oxygen atoms in total. The number of benzene rings is 3. The summed E-state index contributed by atoms with van der Waals surface area (Å²) < 4.78 is 1.60. The summed E-state index contributed by atoms with van der Waals surface area (Å²) >= 11 is 0. The minimum atomic E-state index is -0.629. The van der Waals surface area contributed by atoms with Crippen molar-refractivity contribution in [2.75, 3.05) is 0 Å². The van der Waals surface area contributed by atoms with Crippen LogP contribution in [0, 0.1) is 6.92 Å². The van der Waals surface area contributed by atoms with Crippen LogP contribution in [0.3, 0.4) is 0 Å². The highest BCUT2D eigenvalue weighted by Crippen LogP contribution is 2.21. The van der Waals surface area contributed by atoms with Crippen molar-refractivity contribution in [3.05, 3.63) is 108 Å². The molecule has 0 fully saturated rings. The number of fused-ring (bicyclic) bond motifs is 1. The molecule has 166 valence electrons. The Bertz CT molecular complexity index is 1440. The van der Waals surface area contributed by atoms with E-state index in [2.05, 4.69) is 25.9 Å². The third kappa shape index (κ3) is 4.12. The van der Waals surface area contributed by atoms with Crippen molar-refractivity contribution < 1.29 is 9.59 Å². The van der Waals surface area contributed by atoms with E-state index in [1.165, 1.54) is 0 Å². The Morgan fingerprint density at radius 2 is 1.41 bits per heavy atom. The van der Waals surface area contributed by atoms with Crippen LogP contribution in [-0.2, 0) is 0 Å². The largest absolute Gasteiger partial charge is 0.309 e. The molecular formula is C26H20N6O2. The fourth-order valence-corrected chi connectivity index (χ4v) is 3.66. The first-order chi connectivity index (χ1) is 16.6. The van der Waals surface area contributed by atoms with Gasteiger partial charge in [0.25, 0.3) is 5.91 Å². The molecule has 2 N–H and O–H groups in total. The average molecular weight is 448 g/mol. The zero-order valence-corrected chi connectivity index (χ0v) is 18.3. The van der Waals surface area contributed by atoms with E-state index in [0.29, 0.717) is 28.0 Å². The Hall–Kier alpha value is -4.85. The van der Waals surface area contributed by atoms with Crippen molar-refractivity contribution in [1.82, 2.24) is 30.6 Å². The summed E-state index contributed by atoms with van der Waals surface area (Å²) in [6.07, 6.45) is 0. The van der Waals surface area contributed by atoms with Crippen molar-refractivity contribution in [3.8, 4) is 17.1 Å². The van der Waals surface area contributed by atoms with Gasteiger partial charge in [-0.05, 0) is 31.2 Å². The van der Waals surface area contributed by atoms with Gasteiger partial charge in [-0.15, -0.1) is 5.10 Å². The maximum atomic E-state index is 12.9. The molecule has 0 unspecified atom stereocenters. The minimum Gasteiger partial charge on any atom is -0.267 e. The smallest absolute Gasteiger partial charge is 0.267 e. The molecule has 0 saturated heterocycles. The van der Waals surface area contributed by atoms with Crippen LogP contribution >= 0.6 is 0 Å². The number of aromatic nitrogens is 4. The van der Waals surface area contributed by atoms with E-state index in [4.69, 9.17) is 0 Å². The second-order valence-corrected chi connectivity index (χ2v) is 7.61. The van der Waals surface area contributed by atoms with E-state index < -0.39 is 11.8 Å². The molecule has 0 aliphatic rings. The highest BCUT2D eigenvalue weighted by atomic mass is 16.2. The number of pyridine rings is 1. The lowest BCUT2D eigenvalue weighted by molar-refractivity contribution is 0.0842. The van der Waals surface area contributed by atoms with Crippen molar-refractivity contribution in [3.63, 3.8) is 0 Å². The molecule has 0 aliphatic heterocycles. The van der Waals surface area contributed by atoms with E-state index in [9.17, 15) is 9.59 Å². The fourth-order valence-electron chi connectivity index (χ4n) is 3.66. The molecule has 0 saturated carbocycles. The van der Waals surface area contributed by atoms with Crippen LogP contribution in [0.5, 0.6) is 0 Å². The number of aryl methyl sites for hydroxylation is 1. The summed E-state index contributed by atoms with van der Waals surface area (Å²) in [5.41, 5.74) is 8.28. The van der Waals surface area contributed by atoms with Crippen LogP contribution in [0.2, 0.25) is 0 Å². The Kier molecular flexibility index (Phi) is 5.53. The predicted octanol–water partition coefficient (Wildman–Crippen LogP) is 3.87. The van der Waals surface area contributed by atoms with E-state index >= 15 is 0 Å². The van der Waals surface area contributed by atoms with Gasteiger partial charge in [-0.1, -0.05) is 66.7 Å². The second-order valence-electron chi connectivity index (χ2n) is 7.61. The van der Waals surface area contributed by atoms with Crippen LogP contribution in [0.15, 0.2) is 91.0 Å². The summed E-state index contributed by atoms with van der Waals surface area (Å²) in [5, 5.41) is 5.10. The number of nitrogens with one attached hydrogen (secondary N) is 2. The summed E-state index contributed by atoms with van der Waals surface area (Å²) in [6, 6.07) is 27.9. The van der Waals surface area contributed by atoms with Crippen LogP contribution in [-0.4, -0.2) is 31.6 Å². The normalized spacial score (nSPS) is 10.7. The third-order valence-electron chi connectivity index (χ3n) is 5.22. The van der Waals surface area contributed by atoms with Crippen LogP contribution in [0.4, 0.5) is 0 Å². The fraction of sp³-hybridized carbons (Fsp3) is 0.0385. The minimum absolute atomic E-state index is 0.0706. The van der Waals surface area contributed by atoms with E-state index in [1.807, 2.05) is 91.9 Å². The molecule has 5 aromatic rings. The van der Waals surface area contributed by atoms with Gasteiger partial charge in [0.15, 0.2) is 5.82 Å². The predicted molar refractivity (Wildman–Crippen MR) is 128 cm³/mol. The van der Waals surface area contributed by atoms with Gasteiger partial charge in [0, 0.05) is 16.6 Å². The molecule has 0 spiro atoms. The SMILES string of the molecule is Cc1cc(C(=O)NNC(=O)c2nc(-c3ccccc3)n(-c3ccccc3)n2)c2ccccc2n1. The lowest BCUT2D eigenvalue weighted by Gasteiger charge is -2.09.